The lowest BCUT2D eigenvalue weighted by atomic mass is 10.2. The molecule has 0 atom stereocenters. The van der Waals surface area contributed by atoms with E-state index in [9.17, 15) is 0 Å². The Morgan fingerprint density at radius 3 is 2.58 bits per heavy atom. The maximum Gasteiger partial charge on any atom is 0.211 e. The molecule has 0 fully saturated rings. The third kappa shape index (κ3) is 4.91. The largest absolute Gasteiger partial charge is 0.497 e. The summed E-state index contributed by atoms with van der Waals surface area (Å²) in [7, 11) is 3.21. The molecular weight excluding hydrogens is 308 g/mol. The number of nitrogens with zero attached hydrogens (tertiary/aromatic N) is 2. The van der Waals surface area contributed by atoms with Crippen LogP contribution in [-0.2, 0) is 6.61 Å². The number of benzene rings is 2. The number of hydrogen-bond acceptors (Lipinski definition) is 5. The standard InChI is InChI=1S/C17H20N4O3/c1-22-14-5-3-4-13(8-14)11-24-16-9-12(6-7-15(16)23-2)10-20-21-17(18)19/h3-10H,11H2,1-2H3,(H4,18,19,21). The van der Waals surface area contributed by atoms with E-state index in [1.54, 1.807) is 26.4 Å². The Morgan fingerprint density at radius 1 is 1.04 bits per heavy atom. The molecule has 4 N–H and O–H groups in total. The van der Waals surface area contributed by atoms with Gasteiger partial charge in [-0.25, -0.2) is 0 Å². The van der Waals surface area contributed by atoms with Crippen LogP contribution in [0.25, 0.3) is 0 Å². The van der Waals surface area contributed by atoms with E-state index in [2.05, 4.69) is 10.2 Å². The van der Waals surface area contributed by atoms with Crippen molar-refractivity contribution in [2.75, 3.05) is 14.2 Å². The smallest absolute Gasteiger partial charge is 0.211 e. The van der Waals surface area contributed by atoms with E-state index in [4.69, 9.17) is 25.7 Å². The Balaban J connectivity index is 2.15. The van der Waals surface area contributed by atoms with Gasteiger partial charge in [0.05, 0.1) is 20.4 Å². The van der Waals surface area contributed by atoms with Crippen LogP contribution in [0.15, 0.2) is 52.7 Å². The van der Waals surface area contributed by atoms with Gasteiger partial charge in [-0.15, -0.1) is 5.10 Å². The van der Waals surface area contributed by atoms with Crippen molar-refractivity contribution in [2.24, 2.45) is 21.7 Å². The van der Waals surface area contributed by atoms with Gasteiger partial charge in [-0.3, -0.25) is 0 Å². The van der Waals surface area contributed by atoms with Crippen molar-refractivity contribution in [2.45, 2.75) is 6.61 Å². The molecule has 0 aliphatic rings. The molecule has 0 aromatic heterocycles. The molecule has 2 aromatic rings. The normalized spacial score (nSPS) is 10.4. The Labute approximate surface area is 140 Å². The third-order valence-corrected chi connectivity index (χ3v) is 3.10. The van der Waals surface area contributed by atoms with Gasteiger partial charge in [-0.2, -0.15) is 5.10 Å². The van der Waals surface area contributed by atoms with Crippen LogP contribution in [0.5, 0.6) is 17.2 Å². The molecule has 2 aromatic carbocycles. The zero-order chi connectivity index (χ0) is 17.4. The van der Waals surface area contributed by atoms with E-state index in [1.807, 2.05) is 30.3 Å². The van der Waals surface area contributed by atoms with Crippen LogP contribution < -0.4 is 25.7 Å². The molecule has 7 nitrogen and oxygen atoms in total. The summed E-state index contributed by atoms with van der Waals surface area (Å²) < 4.78 is 16.4. The van der Waals surface area contributed by atoms with Gasteiger partial charge in [0.15, 0.2) is 11.5 Å². The fraction of sp³-hybridized carbons (Fsp3) is 0.176. The molecule has 126 valence electrons. The molecule has 0 saturated carbocycles. The first-order valence-corrected chi connectivity index (χ1v) is 7.18. The number of guanidine groups is 1. The van der Waals surface area contributed by atoms with Crippen LogP contribution in [0.3, 0.4) is 0 Å². The second kappa shape index (κ2) is 8.42. The Hall–Kier alpha value is -3.22. The number of ether oxygens (including phenoxy) is 3. The molecule has 0 amide bonds. The van der Waals surface area contributed by atoms with Crippen molar-refractivity contribution >= 4 is 12.2 Å². The summed E-state index contributed by atoms with van der Waals surface area (Å²) >= 11 is 0. The van der Waals surface area contributed by atoms with E-state index in [1.165, 1.54) is 6.21 Å². The van der Waals surface area contributed by atoms with Crippen molar-refractivity contribution in [3.63, 3.8) is 0 Å². The van der Waals surface area contributed by atoms with Crippen LogP contribution >= 0.6 is 0 Å². The maximum atomic E-state index is 5.85. The van der Waals surface area contributed by atoms with Crippen molar-refractivity contribution < 1.29 is 14.2 Å². The van der Waals surface area contributed by atoms with E-state index in [-0.39, 0.29) is 5.96 Å². The Morgan fingerprint density at radius 2 is 1.88 bits per heavy atom. The lowest BCUT2D eigenvalue weighted by Crippen LogP contribution is -2.21. The number of nitrogens with two attached hydrogens (primary N) is 2. The zero-order valence-corrected chi connectivity index (χ0v) is 13.6. The van der Waals surface area contributed by atoms with Crippen LogP contribution in [0.2, 0.25) is 0 Å². The number of methoxy groups -OCH3 is 2. The molecular formula is C17H20N4O3. The average Bonchev–Trinajstić information content (AvgIpc) is 2.60. The monoisotopic (exact) mass is 328 g/mol. The van der Waals surface area contributed by atoms with Crippen molar-refractivity contribution in [1.82, 2.24) is 0 Å². The van der Waals surface area contributed by atoms with Gasteiger partial charge < -0.3 is 25.7 Å². The molecule has 0 aliphatic carbocycles. The second-order valence-corrected chi connectivity index (χ2v) is 4.82. The lowest BCUT2D eigenvalue weighted by Gasteiger charge is -2.12. The van der Waals surface area contributed by atoms with Crippen LogP contribution in [0.1, 0.15) is 11.1 Å². The van der Waals surface area contributed by atoms with Crippen LogP contribution in [0, 0.1) is 0 Å². The third-order valence-electron chi connectivity index (χ3n) is 3.10. The van der Waals surface area contributed by atoms with E-state index >= 15 is 0 Å². The van der Waals surface area contributed by atoms with Crippen molar-refractivity contribution in [3.05, 3.63) is 53.6 Å². The zero-order valence-electron chi connectivity index (χ0n) is 13.6. The molecule has 0 spiro atoms. The number of rotatable bonds is 7. The highest BCUT2D eigenvalue weighted by Crippen LogP contribution is 2.28. The molecule has 0 aliphatic heterocycles. The van der Waals surface area contributed by atoms with Crippen LogP contribution in [0.4, 0.5) is 0 Å². The van der Waals surface area contributed by atoms with Gasteiger partial charge in [-0.05, 0) is 41.5 Å². The summed E-state index contributed by atoms with van der Waals surface area (Å²) in [6, 6.07) is 13.1. The average molecular weight is 328 g/mol. The summed E-state index contributed by atoms with van der Waals surface area (Å²) in [4.78, 5) is 0. The first-order chi connectivity index (χ1) is 11.6. The minimum Gasteiger partial charge on any atom is -0.497 e. The van der Waals surface area contributed by atoms with E-state index < -0.39 is 0 Å². The molecule has 7 heteroatoms. The first-order valence-electron chi connectivity index (χ1n) is 7.18. The summed E-state index contributed by atoms with van der Waals surface area (Å²) in [5, 5.41) is 7.34. The Kier molecular flexibility index (Phi) is 6.01. The Bertz CT molecular complexity index is 740. The van der Waals surface area contributed by atoms with Gasteiger partial charge in [0.1, 0.15) is 12.4 Å². The van der Waals surface area contributed by atoms with Gasteiger partial charge in [-0.1, -0.05) is 12.1 Å². The van der Waals surface area contributed by atoms with Gasteiger partial charge in [0.2, 0.25) is 5.96 Å². The predicted octanol–water partition coefficient (Wildman–Crippen LogP) is 1.89. The molecule has 2 rings (SSSR count). The molecule has 0 unspecified atom stereocenters. The van der Waals surface area contributed by atoms with E-state index in [0.717, 1.165) is 16.9 Å². The molecule has 0 heterocycles. The van der Waals surface area contributed by atoms with Crippen molar-refractivity contribution in [1.29, 1.82) is 0 Å². The lowest BCUT2D eigenvalue weighted by molar-refractivity contribution is 0.284. The van der Waals surface area contributed by atoms with Crippen LogP contribution in [-0.4, -0.2) is 26.4 Å². The minimum absolute atomic E-state index is 0.103. The number of hydrogen-bond donors (Lipinski definition) is 2. The SMILES string of the molecule is COc1cccc(COc2cc(C=NN=C(N)N)ccc2OC)c1. The molecule has 0 bridgehead atoms. The van der Waals surface area contributed by atoms with Gasteiger partial charge in [0, 0.05) is 0 Å². The summed E-state index contributed by atoms with van der Waals surface area (Å²) in [6.45, 7) is 0.377. The topological polar surface area (TPSA) is 104 Å². The minimum atomic E-state index is -0.103. The molecule has 0 saturated heterocycles. The fourth-order valence-electron chi connectivity index (χ4n) is 1.97. The van der Waals surface area contributed by atoms with Gasteiger partial charge >= 0.3 is 0 Å². The quantitative estimate of drug-likeness (QED) is 0.459. The first kappa shape index (κ1) is 17.1. The van der Waals surface area contributed by atoms with Gasteiger partial charge in [0.25, 0.3) is 0 Å². The second-order valence-electron chi connectivity index (χ2n) is 4.82. The van der Waals surface area contributed by atoms with E-state index in [0.29, 0.717) is 18.1 Å². The maximum absolute atomic E-state index is 5.85. The highest BCUT2D eigenvalue weighted by Gasteiger charge is 2.06. The molecule has 24 heavy (non-hydrogen) atoms. The summed E-state index contributed by atoms with van der Waals surface area (Å²) in [5.74, 6) is 1.89. The molecule has 0 radical (unpaired) electrons. The van der Waals surface area contributed by atoms with Crippen molar-refractivity contribution in [3.8, 4) is 17.2 Å². The fourth-order valence-corrected chi connectivity index (χ4v) is 1.97. The predicted molar refractivity (Wildman–Crippen MR) is 93.7 cm³/mol. The summed E-state index contributed by atoms with van der Waals surface area (Å²) in [5.41, 5.74) is 12.2. The highest BCUT2D eigenvalue weighted by molar-refractivity contribution is 5.82. The summed E-state index contributed by atoms with van der Waals surface area (Å²) in [6.07, 6.45) is 1.53. The highest BCUT2D eigenvalue weighted by atomic mass is 16.5.